The van der Waals surface area contributed by atoms with Crippen LogP contribution < -0.4 is 5.41 Å². The molecular formula is C14H26N3O+. The Morgan fingerprint density at radius 1 is 1.44 bits per heavy atom. The third kappa shape index (κ3) is 5.00. The van der Waals surface area contributed by atoms with Gasteiger partial charge in [0.05, 0.1) is 6.61 Å². The molecule has 1 heterocycles. The lowest BCUT2D eigenvalue weighted by atomic mass is 10.1. The van der Waals surface area contributed by atoms with Crippen molar-refractivity contribution in [3.63, 3.8) is 0 Å². The highest BCUT2D eigenvalue weighted by molar-refractivity contribution is 6.41. The zero-order valence-corrected chi connectivity index (χ0v) is 11.7. The Morgan fingerprint density at radius 2 is 2.22 bits per heavy atom. The summed E-state index contributed by atoms with van der Waals surface area (Å²) in [4.78, 5) is 2.21. The topological polar surface area (TPSA) is 61.9 Å². The first-order valence-corrected chi connectivity index (χ1v) is 6.87. The molecule has 0 saturated heterocycles. The number of nitrogens with two attached hydrogens (primary N) is 1. The normalized spacial score (nSPS) is 16.2. The quantitative estimate of drug-likeness (QED) is 0.404. The van der Waals surface area contributed by atoms with Crippen LogP contribution in [0.15, 0.2) is 11.6 Å². The van der Waals surface area contributed by atoms with Crippen LogP contribution in [0.25, 0.3) is 0 Å². The van der Waals surface area contributed by atoms with Crippen molar-refractivity contribution in [3.05, 3.63) is 11.6 Å². The largest absolute Gasteiger partial charge is 0.473 e. The standard InChI is InChI=1S/C14H25N3O/c1-3-4-5-6-10-18-14(16)13(15)12-8-7-9-17(2)11-12/h8,15-16H,3-7,9-11H2,1-2H3/p+1. The fourth-order valence-corrected chi connectivity index (χ4v) is 2.02. The molecule has 0 aromatic carbocycles. The fourth-order valence-electron chi connectivity index (χ4n) is 2.02. The lowest BCUT2D eigenvalue weighted by Gasteiger charge is -2.21. The van der Waals surface area contributed by atoms with Crippen molar-refractivity contribution in [3.8, 4) is 0 Å². The summed E-state index contributed by atoms with van der Waals surface area (Å²) in [6.45, 7) is 4.65. The number of unbranched alkanes of at least 4 members (excludes halogenated alkanes) is 3. The van der Waals surface area contributed by atoms with Gasteiger partial charge in [0, 0.05) is 18.7 Å². The van der Waals surface area contributed by atoms with Gasteiger partial charge in [-0.1, -0.05) is 32.3 Å². The summed E-state index contributed by atoms with van der Waals surface area (Å²) in [6.07, 6.45) is 7.72. The van der Waals surface area contributed by atoms with Gasteiger partial charge < -0.3 is 9.64 Å². The van der Waals surface area contributed by atoms with Crippen LogP contribution in [-0.4, -0.2) is 43.3 Å². The molecule has 0 unspecified atom stereocenters. The molecule has 3 N–H and O–H groups in total. The summed E-state index contributed by atoms with van der Waals surface area (Å²) < 4.78 is 5.40. The number of ether oxygens (including phenoxy) is 1. The number of hydrogen-bond donors (Lipinski definition) is 2. The van der Waals surface area contributed by atoms with Gasteiger partial charge in [-0.05, 0) is 19.9 Å². The molecule has 4 nitrogen and oxygen atoms in total. The van der Waals surface area contributed by atoms with Crippen LogP contribution in [0, 0.1) is 5.41 Å². The van der Waals surface area contributed by atoms with Gasteiger partial charge in [0.15, 0.2) is 0 Å². The third-order valence-electron chi connectivity index (χ3n) is 3.18. The van der Waals surface area contributed by atoms with Gasteiger partial charge in [0.25, 0.3) is 11.6 Å². The van der Waals surface area contributed by atoms with E-state index in [2.05, 4.69) is 24.9 Å². The Balaban J connectivity index is 2.28. The molecule has 0 bridgehead atoms. The van der Waals surface area contributed by atoms with Crippen molar-refractivity contribution in [2.24, 2.45) is 0 Å². The predicted octanol–water partition coefficient (Wildman–Crippen LogP) is 1.02. The van der Waals surface area contributed by atoms with Gasteiger partial charge in [0.1, 0.15) is 0 Å². The molecule has 1 aliphatic rings. The first kappa shape index (κ1) is 14.9. The summed E-state index contributed by atoms with van der Waals surface area (Å²) in [6, 6.07) is 0. The third-order valence-corrected chi connectivity index (χ3v) is 3.18. The highest BCUT2D eigenvalue weighted by atomic mass is 16.5. The van der Waals surface area contributed by atoms with E-state index in [1.54, 1.807) is 0 Å². The number of rotatable bonds is 7. The second-order valence-corrected chi connectivity index (χ2v) is 4.91. The van der Waals surface area contributed by atoms with Crippen LogP contribution in [0.5, 0.6) is 0 Å². The zero-order chi connectivity index (χ0) is 13.4. The van der Waals surface area contributed by atoms with E-state index in [0.29, 0.717) is 12.3 Å². The molecule has 0 amide bonds. The van der Waals surface area contributed by atoms with Crippen molar-refractivity contribution in [1.29, 1.82) is 5.41 Å². The average Bonchev–Trinajstić information content (AvgIpc) is 2.37. The van der Waals surface area contributed by atoms with Crippen molar-refractivity contribution in [1.82, 2.24) is 4.90 Å². The van der Waals surface area contributed by atoms with E-state index in [-0.39, 0.29) is 5.90 Å². The highest BCUT2D eigenvalue weighted by Gasteiger charge is 2.21. The number of nitrogens with one attached hydrogen (secondary N) is 1. The molecule has 0 radical (unpaired) electrons. The fraction of sp³-hybridized carbons (Fsp3) is 0.714. The van der Waals surface area contributed by atoms with Crippen LogP contribution in [0.1, 0.15) is 39.0 Å². The number of nitrogens with zero attached hydrogens (tertiary/aromatic N) is 1. The van der Waals surface area contributed by atoms with E-state index in [4.69, 9.17) is 15.6 Å². The Kier molecular flexibility index (Phi) is 6.65. The van der Waals surface area contributed by atoms with Gasteiger partial charge in [-0.15, -0.1) is 0 Å². The van der Waals surface area contributed by atoms with E-state index in [9.17, 15) is 0 Å². The van der Waals surface area contributed by atoms with Crippen molar-refractivity contribution < 1.29 is 10.1 Å². The summed E-state index contributed by atoms with van der Waals surface area (Å²) in [7, 11) is 2.06. The molecule has 102 valence electrons. The van der Waals surface area contributed by atoms with Gasteiger partial charge in [-0.25, -0.2) is 5.41 Å². The summed E-state index contributed by atoms with van der Waals surface area (Å²) in [5.74, 6) is 0.132. The lowest BCUT2D eigenvalue weighted by molar-refractivity contribution is -0.111. The summed E-state index contributed by atoms with van der Waals surface area (Å²) in [5.41, 5.74) is 1.53. The van der Waals surface area contributed by atoms with Gasteiger partial charge in [0.2, 0.25) is 0 Å². The Morgan fingerprint density at radius 3 is 2.89 bits per heavy atom. The van der Waals surface area contributed by atoms with E-state index in [0.717, 1.165) is 37.9 Å². The molecule has 0 saturated carbocycles. The molecule has 0 fully saturated rings. The van der Waals surface area contributed by atoms with Gasteiger partial charge >= 0.3 is 0 Å². The van der Waals surface area contributed by atoms with Crippen LogP contribution in [-0.2, 0) is 4.74 Å². The Hall–Kier alpha value is -1.16. The van der Waals surface area contributed by atoms with Crippen molar-refractivity contribution >= 4 is 11.6 Å². The molecule has 0 aromatic heterocycles. The van der Waals surface area contributed by atoms with Crippen molar-refractivity contribution in [2.75, 3.05) is 26.7 Å². The van der Waals surface area contributed by atoms with Gasteiger partial charge in [-0.2, -0.15) is 0 Å². The minimum absolute atomic E-state index is 0.132. The maximum atomic E-state index is 7.83. The van der Waals surface area contributed by atoms with E-state index >= 15 is 0 Å². The second-order valence-electron chi connectivity index (χ2n) is 4.91. The lowest BCUT2D eigenvalue weighted by Crippen LogP contribution is -2.49. The van der Waals surface area contributed by atoms with E-state index < -0.39 is 0 Å². The molecule has 0 aromatic rings. The van der Waals surface area contributed by atoms with E-state index in [1.807, 2.05) is 0 Å². The van der Waals surface area contributed by atoms with Crippen LogP contribution in [0.4, 0.5) is 0 Å². The smallest absolute Gasteiger partial charge is 0.280 e. The molecular weight excluding hydrogens is 226 g/mol. The molecule has 0 atom stereocenters. The number of hydrogen-bond acceptors (Lipinski definition) is 3. The van der Waals surface area contributed by atoms with Crippen LogP contribution in [0.2, 0.25) is 0 Å². The Labute approximate surface area is 110 Å². The maximum absolute atomic E-state index is 7.83. The molecule has 4 heteroatoms. The van der Waals surface area contributed by atoms with Gasteiger partial charge in [-0.3, -0.25) is 5.41 Å². The Bertz CT molecular complexity index is 323. The molecule has 18 heavy (non-hydrogen) atoms. The maximum Gasteiger partial charge on any atom is 0.280 e. The minimum Gasteiger partial charge on any atom is -0.473 e. The summed E-state index contributed by atoms with van der Waals surface area (Å²) >= 11 is 0. The van der Waals surface area contributed by atoms with Crippen LogP contribution >= 0.6 is 0 Å². The minimum atomic E-state index is 0.132. The zero-order valence-electron chi connectivity index (χ0n) is 11.7. The number of likely N-dealkylation sites (N-methyl/N-ethyl adjacent to an activating group) is 1. The van der Waals surface area contributed by atoms with Crippen molar-refractivity contribution in [2.45, 2.75) is 39.0 Å². The summed E-state index contributed by atoms with van der Waals surface area (Å²) in [5, 5.41) is 13.8. The highest BCUT2D eigenvalue weighted by Crippen LogP contribution is 2.09. The van der Waals surface area contributed by atoms with E-state index in [1.165, 1.54) is 12.8 Å². The average molecular weight is 252 g/mol. The predicted molar refractivity (Wildman–Crippen MR) is 75.0 cm³/mol. The first-order chi connectivity index (χ1) is 8.65. The monoisotopic (exact) mass is 252 g/mol. The first-order valence-electron chi connectivity index (χ1n) is 6.87. The molecule has 0 aliphatic carbocycles. The molecule has 0 spiro atoms. The second kappa shape index (κ2) is 8.03. The molecule has 1 rings (SSSR count). The SMILES string of the molecule is CCCCCCOC(=N)C(=[NH2+])C1=CCCN(C)C1. The molecule has 1 aliphatic heterocycles. The van der Waals surface area contributed by atoms with Crippen LogP contribution in [0.3, 0.4) is 0 Å².